The van der Waals surface area contributed by atoms with Crippen LogP contribution in [0.25, 0.3) is 10.8 Å². The quantitative estimate of drug-likeness (QED) is 0.663. The fourth-order valence-corrected chi connectivity index (χ4v) is 4.26. The highest BCUT2D eigenvalue weighted by atomic mass is 15.2. The van der Waals surface area contributed by atoms with Crippen molar-refractivity contribution >= 4 is 28.4 Å². The maximum atomic E-state index is 5.95. The van der Waals surface area contributed by atoms with Gasteiger partial charge in [0.05, 0.1) is 13.1 Å². The second-order valence-corrected chi connectivity index (χ2v) is 7.90. The number of likely N-dealkylation sites (tertiary alicyclic amines) is 1. The summed E-state index contributed by atoms with van der Waals surface area (Å²) < 4.78 is 0. The van der Waals surface area contributed by atoms with Gasteiger partial charge in [-0.05, 0) is 29.3 Å². The Labute approximate surface area is 159 Å². The van der Waals surface area contributed by atoms with Gasteiger partial charge in [0.1, 0.15) is 6.54 Å². The highest BCUT2D eigenvalue weighted by Gasteiger charge is 2.26. The molecule has 1 aliphatic rings. The number of hydrogen-bond acceptors (Lipinski definition) is 5. The molecule has 1 aliphatic heterocycles. The van der Waals surface area contributed by atoms with E-state index in [1.54, 1.807) is 0 Å². The van der Waals surface area contributed by atoms with Gasteiger partial charge in [0, 0.05) is 17.5 Å². The second kappa shape index (κ2) is 7.48. The van der Waals surface area contributed by atoms with Crippen LogP contribution in [0, 0.1) is 11.8 Å². The Morgan fingerprint density at radius 2 is 1.74 bits per heavy atom. The number of benzene rings is 2. The van der Waals surface area contributed by atoms with Crippen LogP contribution in [-0.4, -0.2) is 28.0 Å². The van der Waals surface area contributed by atoms with E-state index in [4.69, 9.17) is 5.73 Å². The van der Waals surface area contributed by atoms with E-state index in [9.17, 15) is 0 Å². The minimum Gasteiger partial charge on any atom is -0.368 e. The van der Waals surface area contributed by atoms with Gasteiger partial charge in [0.25, 0.3) is 0 Å². The van der Waals surface area contributed by atoms with Gasteiger partial charge in [-0.25, -0.2) is 0 Å². The van der Waals surface area contributed by atoms with Crippen molar-refractivity contribution in [3.63, 3.8) is 0 Å². The van der Waals surface area contributed by atoms with Crippen LogP contribution in [0.15, 0.2) is 42.5 Å². The first-order valence-electron chi connectivity index (χ1n) is 9.65. The maximum absolute atomic E-state index is 5.95. The lowest BCUT2D eigenvalue weighted by Gasteiger charge is -2.31. The van der Waals surface area contributed by atoms with Crippen molar-refractivity contribution < 1.29 is 4.90 Å². The number of quaternary nitrogens is 1. The van der Waals surface area contributed by atoms with Gasteiger partial charge in [-0.1, -0.05) is 44.2 Å². The highest BCUT2D eigenvalue weighted by molar-refractivity contribution is 5.86. The number of nitrogen functional groups attached to an aromatic ring is 1. The average molecular weight is 363 g/mol. The summed E-state index contributed by atoms with van der Waals surface area (Å²) in [5, 5.41) is 5.66. The normalized spacial score (nSPS) is 22.7. The average Bonchev–Trinajstić information content (AvgIpc) is 2.60. The molecule has 3 aromatic rings. The zero-order valence-corrected chi connectivity index (χ0v) is 15.9. The molecule has 1 unspecified atom stereocenters. The highest BCUT2D eigenvalue weighted by Crippen LogP contribution is 2.21. The number of fused-ring (bicyclic) bond motifs is 1. The van der Waals surface area contributed by atoms with E-state index in [2.05, 4.69) is 58.4 Å². The van der Waals surface area contributed by atoms with E-state index in [0.717, 1.165) is 43.0 Å². The second-order valence-electron chi connectivity index (χ2n) is 7.90. The van der Waals surface area contributed by atoms with Gasteiger partial charge in [-0.3, -0.25) is 0 Å². The molecule has 4 rings (SSSR count). The number of nitrogens with one attached hydrogen (secondary N) is 2. The molecule has 6 heteroatoms. The van der Waals surface area contributed by atoms with Gasteiger partial charge >= 0.3 is 0 Å². The Hall–Kier alpha value is -2.73. The standard InChI is InChI=1S/C21H26N6/c1-14-9-15(2)12-27(11-14)13-19-24-20(22)26-21(25-19)23-18-8-7-16-5-3-4-6-17(16)10-18/h3-8,10,14-15H,9,11-13H2,1-2H3,(H3,22,23,24,25,26)/p+1/t14-,15+. The topological polar surface area (TPSA) is 81.2 Å². The first-order chi connectivity index (χ1) is 13.0. The Morgan fingerprint density at radius 3 is 2.52 bits per heavy atom. The van der Waals surface area contributed by atoms with E-state index < -0.39 is 0 Å². The van der Waals surface area contributed by atoms with Crippen molar-refractivity contribution in [1.82, 2.24) is 15.0 Å². The molecule has 0 amide bonds. The molecule has 0 spiro atoms. The van der Waals surface area contributed by atoms with Gasteiger partial charge in [-0.15, -0.1) is 0 Å². The summed E-state index contributed by atoms with van der Waals surface area (Å²) in [6.45, 7) is 7.74. The van der Waals surface area contributed by atoms with Gasteiger partial charge in [0.15, 0.2) is 5.82 Å². The fourth-order valence-electron chi connectivity index (χ4n) is 4.26. The molecular formula is C21H27N6+. The predicted molar refractivity (Wildman–Crippen MR) is 109 cm³/mol. The number of nitrogens with zero attached hydrogens (tertiary/aromatic N) is 3. The van der Waals surface area contributed by atoms with Crippen LogP contribution < -0.4 is 16.0 Å². The molecule has 3 atom stereocenters. The third kappa shape index (κ3) is 4.34. The molecule has 1 aromatic heterocycles. The largest absolute Gasteiger partial charge is 0.368 e. The third-order valence-corrected chi connectivity index (χ3v) is 5.19. The van der Waals surface area contributed by atoms with Crippen LogP contribution >= 0.6 is 0 Å². The minimum atomic E-state index is 0.265. The first kappa shape index (κ1) is 17.7. The fraction of sp³-hybridized carbons (Fsp3) is 0.381. The van der Waals surface area contributed by atoms with Crippen molar-refractivity contribution in [2.24, 2.45) is 11.8 Å². The molecule has 6 nitrogen and oxygen atoms in total. The Kier molecular flexibility index (Phi) is 4.90. The summed E-state index contributed by atoms with van der Waals surface area (Å²) in [6, 6.07) is 14.5. The van der Waals surface area contributed by atoms with Crippen molar-refractivity contribution in [1.29, 1.82) is 0 Å². The van der Waals surface area contributed by atoms with Crippen molar-refractivity contribution in [3.8, 4) is 0 Å². The first-order valence-corrected chi connectivity index (χ1v) is 9.65. The van der Waals surface area contributed by atoms with E-state index in [-0.39, 0.29) is 5.95 Å². The number of nitrogens with two attached hydrogens (primary N) is 1. The molecule has 0 bridgehead atoms. The van der Waals surface area contributed by atoms with Gasteiger partial charge in [-0.2, -0.15) is 15.0 Å². The third-order valence-electron chi connectivity index (χ3n) is 5.19. The molecule has 0 aliphatic carbocycles. The number of piperidine rings is 1. The van der Waals surface area contributed by atoms with E-state index in [1.807, 2.05) is 18.2 Å². The van der Waals surface area contributed by atoms with Crippen LogP contribution in [0.1, 0.15) is 26.1 Å². The Balaban J connectivity index is 1.52. The number of anilines is 3. The molecule has 2 aromatic carbocycles. The molecule has 2 heterocycles. The monoisotopic (exact) mass is 363 g/mol. The van der Waals surface area contributed by atoms with Crippen molar-refractivity contribution in [2.45, 2.75) is 26.8 Å². The van der Waals surface area contributed by atoms with E-state index in [0.29, 0.717) is 5.95 Å². The van der Waals surface area contributed by atoms with Crippen LogP contribution in [0.4, 0.5) is 17.6 Å². The molecule has 140 valence electrons. The summed E-state index contributed by atoms with van der Waals surface area (Å²) in [5.74, 6) is 2.99. The molecule has 1 fully saturated rings. The van der Waals surface area contributed by atoms with Gasteiger partial charge < -0.3 is 16.0 Å². The minimum absolute atomic E-state index is 0.265. The van der Waals surface area contributed by atoms with E-state index >= 15 is 0 Å². The molecule has 0 radical (unpaired) electrons. The maximum Gasteiger partial charge on any atom is 0.232 e. The lowest BCUT2D eigenvalue weighted by molar-refractivity contribution is -0.926. The number of rotatable bonds is 4. The smallest absolute Gasteiger partial charge is 0.232 e. The van der Waals surface area contributed by atoms with E-state index in [1.165, 1.54) is 22.1 Å². The zero-order valence-electron chi connectivity index (χ0n) is 15.9. The molecule has 0 saturated carbocycles. The van der Waals surface area contributed by atoms with Gasteiger partial charge in [0.2, 0.25) is 11.9 Å². The summed E-state index contributed by atoms with van der Waals surface area (Å²) >= 11 is 0. The molecule has 4 N–H and O–H groups in total. The SMILES string of the molecule is C[C@@H]1C[C@H](C)C[NH+](Cc2nc(N)nc(Nc3ccc4ccccc4c3)n2)C1. The molecule has 1 saturated heterocycles. The Bertz CT molecular complexity index is 931. The van der Waals surface area contributed by atoms with Crippen LogP contribution in [0.3, 0.4) is 0 Å². The van der Waals surface area contributed by atoms with Crippen molar-refractivity contribution in [3.05, 3.63) is 48.3 Å². The molecule has 27 heavy (non-hydrogen) atoms. The van der Waals surface area contributed by atoms with Crippen LogP contribution in [0.2, 0.25) is 0 Å². The van der Waals surface area contributed by atoms with Crippen LogP contribution in [0.5, 0.6) is 0 Å². The lowest BCUT2D eigenvalue weighted by atomic mass is 9.92. The summed E-state index contributed by atoms with van der Waals surface area (Å²) in [4.78, 5) is 14.8. The number of hydrogen-bond donors (Lipinski definition) is 3. The molecular weight excluding hydrogens is 336 g/mol. The van der Waals surface area contributed by atoms with Crippen molar-refractivity contribution in [2.75, 3.05) is 24.1 Å². The summed E-state index contributed by atoms with van der Waals surface area (Å²) in [5.41, 5.74) is 6.89. The number of aromatic nitrogens is 3. The summed E-state index contributed by atoms with van der Waals surface area (Å²) in [6.07, 6.45) is 1.30. The summed E-state index contributed by atoms with van der Waals surface area (Å²) in [7, 11) is 0. The predicted octanol–water partition coefficient (Wildman–Crippen LogP) is 2.41. The zero-order chi connectivity index (χ0) is 18.8. The lowest BCUT2D eigenvalue weighted by Crippen LogP contribution is -3.13. The van der Waals surface area contributed by atoms with Crippen LogP contribution in [-0.2, 0) is 6.54 Å². The Morgan fingerprint density at radius 1 is 1.00 bits per heavy atom.